The number of amides is 4. The predicted molar refractivity (Wildman–Crippen MR) is 129 cm³/mol. The van der Waals surface area contributed by atoms with Crippen molar-refractivity contribution in [2.45, 2.75) is 33.1 Å². The molecule has 2 aliphatic heterocycles. The lowest BCUT2D eigenvalue weighted by Crippen LogP contribution is -2.44. The third-order valence-electron chi connectivity index (χ3n) is 6.89. The van der Waals surface area contributed by atoms with Crippen LogP contribution in [0, 0.1) is 5.92 Å². The fourth-order valence-corrected chi connectivity index (χ4v) is 4.82. The van der Waals surface area contributed by atoms with Crippen LogP contribution in [0.25, 0.3) is 0 Å². The molecule has 4 amide bonds. The first-order valence-electron chi connectivity index (χ1n) is 12.1. The lowest BCUT2D eigenvalue weighted by molar-refractivity contribution is -0.136. The van der Waals surface area contributed by atoms with Crippen molar-refractivity contribution in [3.8, 4) is 0 Å². The van der Waals surface area contributed by atoms with Gasteiger partial charge < -0.3 is 9.80 Å². The number of likely N-dealkylation sites (tertiary alicyclic amines) is 1. The molecule has 0 aromatic heterocycles. The number of benzene rings is 2. The molecule has 2 aromatic rings. The summed E-state index contributed by atoms with van der Waals surface area (Å²) in [6, 6.07) is 14.5. The van der Waals surface area contributed by atoms with Crippen LogP contribution in [0.15, 0.2) is 48.5 Å². The summed E-state index contributed by atoms with van der Waals surface area (Å²) in [5.41, 5.74) is 2.09. The van der Waals surface area contributed by atoms with Gasteiger partial charge in [0.15, 0.2) is 0 Å². The largest absolute Gasteiger partial charge is 0.343 e. The number of nitrogens with zero attached hydrogens (tertiary/aromatic N) is 3. The Morgan fingerprint density at radius 1 is 0.912 bits per heavy atom. The highest BCUT2D eigenvalue weighted by molar-refractivity contribution is 6.22. The number of carbonyl (C=O) groups is 4. The van der Waals surface area contributed by atoms with Crippen molar-refractivity contribution in [3.05, 3.63) is 70.8 Å². The summed E-state index contributed by atoms with van der Waals surface area (Å²) in [5, 5.41) is 0. The number of hydrogen-bond donors (Lipinski definition) is 0. The predicted octanol–water partition coefficient (Wildman–Crippen LogP) is 3.25. The lowest BCUT2D eigenvalue weighted by Gasteiger charge is -2.33. The van der Waals surface area contributed by atoms with Gasteiger partial charge in [0.2, 0.25) is 5.91 Å². The molecule has 0 aliphatic carbocycles. The number of rotatable bonds is 7. The summed E-state index contributed by atoms with van der Waals surface area (Å²) >= 11 is 0. The highest BCUT2D eigenvalue weighted by Crippen LogP contribution is 2.26. The van der Waals surface area contributed by atoms with E-state index in [0.717, 1.165) is 5.56 Å². The third kappa shape index (κ3) is 4.60. The second-order valence-electron chi connectivity index (χ2n) is 8.83. The van der Waals surface area contributed by atoms with E-state index in [9.17, 15) is 19.2 Å². The highest BCUT2D eigenvalue weighted by Gasteiger charge is 2.36. The third-order valence-corrected chi connectivity index (χ3v) is 6.89. The lowest BCUT2D eigenvalue weighted by atomic mass is 9.94. The Morgan fingerprint density at radius 3 is 2.21 bits per heavy atom. The first kappa shape index (κ1) is 23.7. The van der Waals surface area contributed by atoms with Crippen LogP contribution in [0.3, 0.4) is 0 Å². The Balaban J connectivity index is 1.40. The number of fused-ring (bicyclic) bond motifs is 1. The summed E-state index contributed by atoms with van der Waals surface area (Å²) in [6.07, 6.45) is 1.85. The van der Waals surface area contributed by atoms with Gasteiger partial charge in [-0.1, -0.05) is 30.3 Å². The van der Waals surface area contributed by atoms with E-state index in [1.165, 1.54) is 4.90 Å². The monoisotopic (exact) mass is 461 g/mol. The molecule has 7 heteroatoms. The van der Waals surface area contributed by atoms with Gasteiger partial charge in [0.25, 0.3) is 17.7 Å². The van der Waals surface area contributed by atoms with Crippen LogP contribution in [-0.2, 0) is 11.2 Å². The second-order valence-corrected chi connectivity index (χ2v) is 8.83. The summed E-state index contributed by atoms with van der Waals surface area (Å²) in [6.45, 7) is 6.64. The van der Waals surface area contributed by atoms with Gasteiger partial charge in [-0.2, -0.15) is 0 Å². The summed E-state index contributed by atoms with van der Waals surface area (Å²) in [7, 11) is 0. The zero-order valence-corrected chi connectivity index (χ0v) is 19.8. The van der Waals surface area contributed by atoms with Crippen molar-refractivity contribution in [1.29, 1.82) is 0 Å². The van der Waals surface area contributed by atoms with Crippen LogP contribution in [0.4, 0.5) is 0 Å². The second kappa shape index (κ2) is 10.2. The molecule has 0 N–H and O–H groups in total. The molecule has 0 atom stereocenters. The average Bonchev–Trinajstić information content (AvgIpc) is 3.12. The first-order valence-corrected chi connectivity index (χ1v) is 12.1. The summed E-state index contributed by atoms with van der Waals surface area (Å²) in [5.74, 6) is -0.727. The summed E-state index contributed by atoms with van der Waals surface area (Å²) in [4.78, 5) is 56.3. The minimum Gasteiger partial charge on any atom is -0.343 e. The maximum Gasteiger partial charge on any atom is 0.261 e. The molecule has 0 unspecified atom stereocenters. The van der Waals surface area contributed by atoms with Crippen molar-refractivity contribution in [3.63, 3.8) is 0 Å². The van der Waals surface area contributed by atoms with E-state index < -0.39 is 0 Å². The molecular weight excluding hydrogens is 430 g/mol. The van der Waals surface area contributed by atoms with E-state index in [2.05, 4.69) is 0 Å². The maximum atomic E-state index is 13.1. The molecule has 1 saturated heterocycles. The van der Waals surface area contributed by atoms with E-state index in [0.29, 0.717) is 63.1 Å². The van der Waals surface area contributed by atoms with Crippen molar-refractivity contribution < 1.29 is 19.2 Å². The van der Waals surface area contributed by atoms with E-state index in [1.807, 2.05) is 49.1 Å². The SMILES string of the molecule is CCN(CC)C(=O)C1CCN(C(=O)c2ccc3c(c2)C(=O)N(CCc2ccccc2)C3=O)CC1. The molecule has 1 fully saturated rings. The van der Waals surface area contributed by atoms with Crippen molar-refractivity contribution >= 4 is 23.6 Å². The summed E-state index contributed by atoms with van der Waals surface area (Å²) < 4.78 is 0. The van der Waals surface area contributed by atoms with Gasteiger partial charge in [0.1, 0.15) is 0 Å². The van der Waals surface area contributed by atoms with Crippen LogP contribution in [-0.4, -0.2) is 71.1 Å². The fraction of sp³-hybridized carbons (Fsp3) is 0.407. The topological polar surface area (TPSA) is 78.0 Å². The molecule has 4 rings (SSSR count). The molecule has 34 heavy (non-hydrogen) atoms. The molecule has 178 valence electrons. The molecule has 2 aromatic carbocycles. The van der Waals surface area contributed by atoms with E-state index in [-0.39, 0.29) is 35.1 Å². The average molecular weight is 462 g/mol. The zero-order chi connectivity index (χ0) is 24.2. The molecule has 0 spiro atoms. The van der Waals surface area contributed by atoms with Gasteiger partial charge in [-0.05, 0) is 56.9 Å². The van der Waals surface area contributed by atoms with Gasteiger partial charge >= 0.3 is 0 Å². The van der Waals surface area contributed by atoms with Crippen LogP contribution in [0.5, 0.6) is 0 Å². The number of carbonyl (C=O) groups excluding carboxylic acids is 4. The Morgan fingerprint density at radius 2 is 1.56 bits per heavy atom. The number of imide groups is 1. The van der Waals surface area contributed by atoms with Crippen LogP contribution >= 0.6 is 0 Å². The minimum atomic E-state index is -0.353. The van der Waals surface area contributed by atoms with E-state index in [1.54, 1.807) is 23.1 Å². The van der Waals surface area contributed by atoms with Crippen LogP contribution in [0.2, 0.25) is 0 Å². The fourth-order valence-electron chi connectivity index (χ4n) is 4.82. The van der Waals surface area contributed by atoms with Crippen molar-refractivity contribution in [2.24, 2.45) is 5.92 Å². The molecule has 7 nitrogen and oxygen atoms in total. The maximum absolute atomic E-state index is 13.1. The molecule has 0 saturated carbocycles. The molecule has 0 bridgehead atoms. The van der Waals surface area contributed by atoms with Gasteiger partial charge in [0.05, 0.1) is 11.1 Å². The molecule has 2 aliphatic rings. The van der Waals surface area contributed by atoms with Gasteiger partial charge in [-0.15, -0.1) is 0 Å². The van der Waals surface area contributed by atoms with Crippen molar-refractivity contribution in [1.82, 2.24) is 14.7 Å². The standard InChI is InChI=1S/C27H31N3O4/c1-3-28(4-2)24(31)20-13-15-29(16-14-20)25(32)21-10-11-22-23(18-21)27(34)30(26(22)33)17-12-19-8-6-5-7-9-19/h5-11,18,20H,3-4,12-17H2,1-2H3. The molecule has 2 heterocycles. The normalized spacial score (nSPS) is 16.1. The minimum absolute atomic E-state index is 0.0543. The number of piperidine rings is 1. The van der Waals surface area contributed by atoms with Gasteiger partial charge in [-0.25, -0.2) is 0 Å². The quantitative estimate of drug-likeness (QED) is 0.593. The van der Waals surface area contributed by atoms with Crippen molar-refractivity contribution in [2.75, 3.05) is 32.7 Å². The first-order chi connectivity index (χ1) is 16.4. The zero-order valence-electron chi connectivity index (χ0n) is 19.8. The number of hydrogen-bond acceptors (Lipinski definition) is 4. The Hall–Kier alpha value is -3.48. The van der Waals surface area contributed by atoms with Crippen LogP contribution < -0.4 is 0 Å². The van der Waals surface area contributed by atoms with Crippen LogP contribution in [0.1, 0.15) is 63.3 Å². The Bertz CT molecular complexity index is 1090. The molecule has 0 radical (unpaired) electrons. The Kier molecular flexibility index (Phi) is 7.10. The van der Waals surface area contributed by atoms with Gasteiger partial charge in [0, 0.05) is 44.2 Å². The molecular formula is C27H31N3O4. The van der Waals surface area contributed by atoms with Gasteiger partial charge in [-0.3, -0.25) is 24.1 Å². The van der Waals surface area contributed by atoms with E-state index >= 15 is 0 Å². The highest BCUT2D eigenvalue weighted by atomic mass is 16.2. The smallest absolute Gasteiger partial charge is 0.261 e. The Labute approximate surface area is 200 Å². The van der Waals surface area contributed by atoms with E-state index in [4.69, 9.17) is 0 Å².